The number of aromatic nitrogens is 2. The summed E-state index contributed by atoms with van der Waals surface area (Å²) in [5.41, 5.74) is 6.18. The van der Waals surface area contributed by atoms with Crippen LogP contribution in [-0.2, 0) is 19.4 Å². The fraction of sp³-hybridized carbons (Fsp3) is 0.458. The summed E-state index contributed by atoms with van der Waals surface area (Å²) in [7, 11) is 0. The Hall–Kier alpha value is -2.92. The quantitative estimate of drug-likeness (QED) is 0.696. The number of allylic oxidation sites excluding steroid dienone is 1. The number of nitrogens with one attached hydrogen (secondary N) is 1. The first-order chi connectivity index (χ1) is 15.3. The molecule has 2 aliphatic rings. The molecule has 1 aromatic carbocycles. The molecular weight excluding hydrogens is 415 g/mol. The summed E-state index contributed by atoms with van der Waals surface area (Å²) in [6.07, 6.45) is 0.736. The van der Waals surface area contributed by atoms with Gasteiger partial charge in [-0.2, -0.15) is 18.4 Å². The average Bonchev–Trinajstić information content (AvgIpc) is 3.20. The molecule has 1 aromatic heterocycles. The monoisotopic (exact) mass is 441 g/mol. The number of hydrogen-bond acceptors (Lipinski definition) is 5. The zero-order valence-corrected chi connectivity index (χ0v) is 18.0. The molecular formula is C24H26F3N5. The highest BCUT2D eigenvalue weighted by molar-refractivity contribution is 5.70. The topological polar surface area (TPSA) is 64.8 Å². The van der Waals surface area contributed by atoms with Gasteiger partial charge in [0.05, 0.1) is 6.07 Å². The Morgan fingerprint density at radius 2 is 2.00 bits per heavy atom. The molecule has 1 fully saturated rings. The maximum Gasteiger partial charge on any atom is 0.389 e. The summed E-state index contributed by atoms with van der Waals surface area (Å²) in [6.45, 7) is 4.86. The van der Waals surface area contributed by atoms with Crippen molar-refractivity contribution in [2.45, 2.75) is 57.8 Å². The number of nitriles is 1. The van der Waals surface area contributed by atoms with E-state index in [-0.39, 0.29) is 12.5 Å². The smallest absolute Gasteiger partial charge is 0.367 e. The molecule has 1 aliphatic heterocycles. The summed E-state index contributed by atoms with van der Waals surface area (Å²) in [5, 5.41) is 12.5. The van der Waals surface area contributed by atoms with Gasteiger partial charge in [0.1, 0.15) is 12.1 Å². The Morgan fingerprint density at radius 1 is 1.22 bits per heavy atom. The minimum Gasteiger partial charge on any atom is -0.367 e. The van der Waals surface area contributed by atoms with Gasteiger partial charge in [0, 0.05) is 55.9 Å². The van der Waals surface area contributed by atoms with Crippen LogP contribution in [0.15, 0.2) is 30.1 Å². The predicted molar refractivity (Wildman–Crippen MR) is 117 cm³/mol. The van der Waals surface area contributed by atoms with E-state index in [1.807, 2.05) is 6.08 Å². The second kappa shape index (κ2) is 9.29. The normalized spacial score (nSPS) is 17.0. The Balaban J connectivity index is 1.30. The standard InChI is InChI=1S/C24H26F3N5/c1-16-19(3-2-18-10-17(13-28)11-22(16)18)14-32-8-5-20(6-9-32)31-23-12-21(29-15-30-23)4-7-24(25,26)27/h2-3,11-12,15,20H,4-10,14H2,1H3,(H,29,30,31). The van der Waals surface area contributed by atoms with Gasteiger partial charge in [0.2, 0.25) is 0 Å². The highest BCUT2D eigenvalue weighted by Gasteiger charge is 2.27. The predicted octanol–water partition coefficient (Wildman–Crippen LogP) is 4.82. The van der Waals surface area contributed by atoms with Crippen molar-refractivity contribution in [3.8, 4) is 6.07 Å². The fourth-order valence-electron chi connectivity index (χ4n) is 4.43. The lowest BCUT2D eigenvalue weighted by Gasteiger charge is -2.33. The molecule has 32 heavy (non-hydrogen) atoms. The number of likely N-dealkylation sites (tertiary alicyclic amines) is 1. The van der Waals surface area contributed by atoms with Crippen molar-refractivity contribution >= 4 is 11.9 Å². The number of nitrogens with zero attached hydrogens (tertiary/aromatic N) is 4. The van der Waals surface area contributed by atoms with Crippen LogP contribution in [0.25, 0.3) is 6.08 Å². The van der Waals surface area contributed by atoms with Crippen LogP contribution in [0.1, 0.15) is 47.2 Å². The van der Waals surface area contributed by atoms with Crippen molar-refractivity contribution in [1.29, 1.82) is 5.26 Å². The van der Waals surface area contributed by atoms with Gasteiger partial charge in [0.25, 0.3) is 0 Å². The first-order valence-electron chi connectivity index (χ1n) is 10.9. The van der Waals surface area contributed by atoms with Crippen LogP contribution < -0.4 is 5.32 Å². The van der Waals surface area contributed by atoms with E-state index in [2.05, 4.69) is 45.3 Å². The summed E-state index contributed by atoms with van der Waals surface area (Å²) in [5.74, 6) is 0.588. The Morgan fingerprint density at radius 3 is 2.72 bits per heavy atom. The largest absolute Gasteiger partial charge is 0.389 e. The van der Waals surface area contributed by atoms with E-state index < -0.39 is 12.6 Å². The number of piperidine rings is 1. The van der Waals surface area contributed by atoms with Gasteiger partial charge >= 0.3 is 6.18 Å². The zero-order valence-electron chi connectivity index (χ0n) is 18.0. The molecule has 0 spiro atoms. The van der Waals surface area contributed by atoms with Gasteiger partial charge in [-0.05, 0) is 54.5 Å². The highest BCUT2D eigenvalue weighted by Crippen LogP contribution is 2.30. The summed E-state index contributed by atoms with van der Waals surface area (Å²) in [6, 6.07) is 8.43. The number of alkyl halides is 3. The molecule has 8 heteroatoms. The van der Waals surface area contributed by atoms with Crippen LogP contribution in [0, 0.1) is 18.3 Å². The van der Waals surface area contributed by atoms with Crippen molar-refractivity contribution in [2.24, 2.45) is 0 Å². The maximum atomic E-state index is 12.5. The van der Waals surface area contributed by atoms with Gasteiger partial charge < -0.3 is 5.32 Å². The summed E-state index contributed by atoms with van der Waals surface area (Å²) < 4.78 is 37.4. The van der Waals surface area contributed by atoms with Gasteiger partial charge in [-0.1, -0.05) is 12.1 Å². The molecule has 1 N–H and O–H groups in total. The van der Waals surface area contributed by atoms with Crippen LogP contribution in [0.3, 0.4) is 0 Å². The van der Waals surface area contributed by atoms with Crippen LogP contribution in [0.5, 0.6) is 0 Å². The first kappa shape index (κ1) is 22.3. The van der Waals surface area contributed by atoms with Gasteiger partial charge in [-0.15, -0.1) is 0 Å². The van der Waals surface area contributed by atoms with Crippen molar-refractivity contribution in [3.63, 3.8) is 0 Å². The maximum absolute atomic E-state index is 12.5. The molecule has 0 radical (unpaired) electrons. The number of anilines is 1. The van der Waals surface area contributed by atoms with Crippen LogP contribution in [0.2, 0.25) is 0 Å². The molecule has 0 bridgehead atoms. The van der Waals surface area contributed by atoms with E-state index in [1.54, 1.807) is 6.07 Å². The van der Waals surface area contributed by atoms with E-state index >= 15 is 0 Å². The third kappa shape index (κ3) is 5.46. The Bertz CT molecular complexity index is 1050. The SMILES string of the molecule is Cc1c(CN2CCC(Nc3cc(CCC(F)(F)F)ncn3)CC2)ccc2c1C=C(C#N)C2. The number of rotatable bonds is 6. The lowest BCUT2D eigenvalue weighted by Crippen LogP contribution is -2.39. The molecule has 0 amide bonds. The third-order valence-electron chi connectivity index (χ3n) is 6.28. The fourth-order valence-corrected chi connectivity index (χ4v) is 4.43. The molecule has 5 nitrogen and oxygen atoms in total. The first-order valence-corrected chi connectivity index (χ1v) is 10.9. The van der Waals surface area contributed by atoms with Crippen molar-refractivity contribution < 1.29 is 13.2 Å². The van der Waals surface area contributed by atoms with Crippen LogP contribution in [-0.4, -0.2) is 40.2 Å². The van der Waals surface area contributed by atoms with Gasteiger partial charge in [-0.25, -0.2) is 9.97 Å². The molecule has 1 saturated heterocycles. The van der Waals surface area contributed by atoms with E-state index in [4.69, 9.17) is 0 Å². The average molecular weight is 442 g/mol. The number of hydrogen-bond donors (Lipinski definition) is 1. The molecule has 2 heterocycles. The minimum absolute atomic E-state index is 0.135. The lowest BCUT2D eigenvalue weighted by atomic mass is 9.97. The highest BCUT2D eigenvalue weighted by atomic mass is 19.4. The van der Waals surface area contributed by atoms with E-state index in [0.29, 0.717) is 11.5 Å². The van der Waals surface area contributed by atoms with Crippen LogP contribution >= 0.6 is 0 Å². The van der Waals surface area contributed by atoms with Gasteiger partial charge in [-0.3, -0.25) is 4.90 Å². The summed E-state index contributed by atoms with van der Waals surface area (Å²) >= 11 is 0. The summed E-state index contributed by atoms with van der Waals surface area (Å²) in [4.78, 5) is 10.6. The second-order valence-corrected chi connectivity index (χ2v) is 8.59. The van der Waals surface area contributed by atoms with E-state index in [1.165, 1.54) is 28.6 Å². The zero-order chi connectivity index (χ0) is 22.7. The van der Waals surface area contributed by atoms with Crippen molar-refractivity contribution in [2.75, 3.05) is 18.4 Å². The van der Waals surface area contributed by atoms with Crippen LogP contribution in [0.4, 0.5) is 19.0 Å². The third-order valence-corrected chi connectivity index (χ3v) is 6.28. The van der Waals surface area contributed by atoms with Crippen molar-refractivity contribution in [1.82, 2.24) is 14.9 Å². The number of aryl methyl sites for hydroxylation is 1. The Labute approximate surface area is 186 Å². The molecule has 168 valence electrons. The number of fused-ring (bicyclic) bond motifs is 1. The van der Waals surface area contributed by atoms with E-state index in [9.17, 15) is 18.4 Å². The minimum atomic E-state index is -4.18. The van der Waals surface area contributed by atoms with E-state index in [0.717, 1.165) is 44.5 Å². The molecule has 1 aliphatic carbocycles. The lowest BCUT2D eigenvalue weighted by molar-refractivity contribution is -0.134. The number of benzene rings is 1. The Kier molecular flexibility index (Phi) is 6.47. The molecule has 0 unspecified atom stereocenters. The second-order valence-electron chi connectivity index (χ2n) is 8.59. The molecule has 0 atom stereocenters. The van der Waals surface area contributed by atoms with Gasteiger partial charge in [0.15, 0.2) is 0 Å². The molecule has 4 rings (SSSR count). The van der Waals surface area contributed by atoms with Crippen molar-refractivity contribution in [3.05, 3.63) is 58.0 Å². The number of halogens is 3. The molecule has 0 saturated carbocycles. The molecule has 2 aromatic rings.